The average molecular weight is 441 g/mol. The summed E-state index contributed by atoms with van der Waals surface area (Å²) in [6.45, 7) is 3.07. The van der Waals surface area contributed by atoms with Gasteiger partial charge in [-0.05, 0) is 35.4 Å². The Balaban J connectivity index is 1.52. The average Bonchev–Trinajstić information content (AvgIpc) is 3.39. The first-order chi connectivity index (χ1) is 15.1. The van der Waals surface area contributed by atoms with Gasteiger partial charge in [-0.2, -0.15) is 5.10 Å². The van der Waals surface area contributed by atoms with E-state index in [0.717, 1.165) is 32.9 Å². The lowest BCUT2D eigenvalue weighted by atomic mass is 9.98. The largest absolute Gasteiger partial charge is 0.394 e. The molecule has 9 heteroatoms. The lowest BCUT2D eigenvalue weighted by Gasteiger charge is -2.10. The van der Waals surface area contributed by atoms with Gasteiger partial charge in [0, 0.05) is 25.4 Å². The molecule has 0 aliphatic rings. The van der Waals surface area contributed by atoms with Gasteiger partial charge < -0.3 is 14.6 Å². The minimum atomic E-state index is -0.0257. The van der Waals surface area contributed by atoms with Crippen molar-refractivity contribution in [2.24, 2.45) is 0 Å². The Hall–Kier alpha value is -2.85. The van der Waals surface area contributed by atoms with E-state index in [-0.39, 0.29) is 24.1 Å². The van der Waals surface area contributed by atoms with Crippen molar-refractivity contribution < 1.29 is 14.6 Å². The van der Waals surface area contributed by atoms with Gasteiger partial charge in [-0.25, -0.2) is 9.67 Å². The number of aliphatic hydroxyl groups excluding tert-OH is 1. The molecule has 4 aromatic rings. The number of ether oxygens (including phenoxy) is 2. The van der Waals surface area contributed by atoms with Crippen LogP contribution in [-0.2, 0) is 22.8 Å². The molecular weight excluding hydrogens is 416 g/mol. The molecule has 0 bridgehead atoms. The van der Waals surface area contributed by atoms with Crippen LogP contribution in [0.4, 0.5) is 0 Å². The first kappa shape index (κ1) is 21.4. The molecule has 3 aromatic heterocycles. The number of aliphatic hydroxyl groups is 1. The second kappa shape index (κ2) is 9.52. The number of methoxy groups -OCH3 is 1. The van der Waals surface area contributed by atoms with Crippen molar-refractivity contribution in [1.29, 1.82) is 0 Å². The highest BCUT2D eigenvalue weighted by Gasteiger charge is 2.15. The molecule has 1 N–H and O–H groups in total. The molecule has 0 saturated heterocycles. The fraction of sp³-hybridized carbons (Fsp3) is 0.318. The summed E-state index contributed by atoms with van der Waals surface area (Å²) in [4.78, 5) is 16.6. The number of pyridine rings is 1. The third-order valence-electron chi connectivity index (χ3n) is 5.05. The van der Waals surface area contributed by atoms with Gasteiger partial charge in [0.2, 0.25) is 0 Å². The van der Waals surface area contributed by atoms with E-state index in [4.69, 9.17) is 19.7 Å². The highest BCUT2D eigenvalue weighted by molar-refractivity contribution is 7.16. The van der Waals surface area contributed by atoms with Crippen LogP contribution in [0.3, 0.4) is 0 Å². The van der Waals surface area contributed by atoms with Crippen LogP contribution in [0, 0.1) is 0 Å². The van der Waals surface area contributed by atoms with Gasteiger partial charge >= 0.3 is 4.87 Å². The second-order valence-corrected chi connectivity index (χ2v) is 8.14. The number of aromatic nitrogens is 4. The van der Waals surface area contributed by atoms with Crippen molar-refractivity contribution in [1.82, 2.24) is 19.3 Å². The summed E-state index contributed by atoms with van der Waals surface area (Å²) in [6, 6.07) is 11.9. The fourth-order valence-corrected chi connectivity index (χ4v) is 4.29. The molecule has 0 radical (unpaired) electrons. The van der Waals surface area contributed by atoms with Crippen molar-refractivity contribution in [3.63, 3.8) is 0 Å². The third kappa shape index (κ3) is 4.59. The lowest BCUT2D eigenvalue weighted by molar-refractivity contribution is 0.0814. The predicted molar refractivity (Wildman–Crippen MR) is 119 cm³/mol. The van der Waals surface area contributed by atoms with Gasteiger partial charge in [0.25, 0.3) is 0 Å². The summed E-state index contributed by atoms with van der Waals surface area (Å²) in [7, 11) is 1.58. The van der Waals surface area contributed by atoms with E-state index < -0.39 is 0 Å². The van der Waals surface area contributed by atoms with Gasteiger partial charge in [-0.3, -0.25) is 9.36 Å². The zero-order valence-corrected chi connectivity index (χ0v) is 18.2. The Morgan fingerprint density at radius 2 is 2.10 bits per heavy atom. The molecule has 4 rings (SSSR count). The maximum Gasteiger partial charge on any atom is 0.310 e. The monoisotopic (exact) mass is 440 g/mol. The molecule has 162 valence electrons. The van der Waals surface area contributed by atoms with E-state index in [1.54, 1.807) is 22.6 Å². The van der Waals surface area contributed by atoms with Crippen molar-refractivity contribution in [3.8, 4) is 5.82 Å². The SMILES string of the molecule is COCn1c(=O)sc2cc(C(C)c3ccn(-c4ccc(COCCO)cn4)n3)ccc21. The Morgan fingerprint density at radius 1 is 1.23 bits per heavy atom. The predicted octanol–water partition coefficient (Wildman–Crippen LogP) is 2.91. The van der Waals surface area contributed by atoms with Crippen LogP contribution in [-0.4, -0.2) is 44.8 Å². The summed E-state index contributed by atoms with van der Waals surface area (Å²) >= 11 is 1.22. The van der Waals surface area contributed by atoms with Crippen molar-refractivity contribution in [3.05, 3.63) is 75.3 Å². The molecule has 0 aliphatic carbocycles. The maximum absolute atomic E-state index is 12.2. The quantitative estimate of drug-likeness (QED) is 0.403. The number of thiazole rings is 1. The van der Waals surface area contributed by atoms with E-state index in [9.17, 15) is 4.79 Å². The number of nitrogens with zero attached hydrogens (tertiary/aromatic N) is 4. The van der Waals surface area contributed by atoms with Crippen LogP contribution >= 0.6 is 11.3 Å². The molecule has 0 saturated carbocycles. The Labute approximate surface area is 183 Å². The highest BCUT2D eigenvalue weighted by atomic mass is 32.1. The summed E-state index contributed by atoms with van der Waals surface area (Å²) in [5.74, 6) is 0.777. The Bertz CT molecular complexity index is 1210. The van der Waals surface area contributed by atoms with E-state index in [1.807, 2.05) is 36.5 Å². The molecule has 31 heavy (non-hydrogen) atoms. The normalized spacial score (nSPS) is 12.5. The fourth-order valence-electron chi connectivity index (χ4n) is 3.36. The number of fused-ring (bicyclic) bond motifs is 1. The van der Waals surface area contributed by atoms with Crippen LogP contribution in [0.15, 0.2) is 53.6 Å². The number of hydrogen-bond donors (Lipinski definition) is 1. The molecule has 0 amide bonds. The van der Waals surface area contributed by atoms with Crippen LogP contribution in [0.1, 0.15) is 29.7 Å². The summed E-state index contributed by atoms with van der Waals surface area (Å²) in [6.07, 6.45) is 3.64. The Morgan fingerprint density at radius 3 is 2.84 bits per heavy atom. The van der Waals surface area contributed by atoms with E-state index in [0.29, 0.717) is 13.2 Å². The molecule has 1 unspecified atom stereocenters. The summed E-state index contributed by atoms with van der Waals surface area (Å²) in [5.41, 5.74) is 3.82. The molecule has 1 atom stereocenters. The standard InChI is InChI=1S/C22H24N4O4S/c1-15(17-4-5-19-20(11-17)31-22(28)25(19)14-29-2)18-7-8-26(24-18)21-6-3-16(12-23-21)13-30-10-9-27/h3-8,11-12,15,27H,9-10,13-14H2,1-2H3. The zero-order chi connectivity index (χ0) is 21.8. The zero-order valence-electron chi connectivity index (χ0n) is 17.4. The van der Waals surface area contributed by atoms with Gasteiger partial charge in [-0.1, -0.05) is 30.4 Å². The van der Waals surface area contributed by atoms with Gasteiger partial charge in [-0.15, -0.1) is 0 Å². The van der Waals surface area contributed by atoms with E-state index >= 15 is 0 Å². The molecule has 0 aliphatic heterocycles. The number of hydrogen-bond acceptors (Lipinski definition) is 7. The van der Waals surface area contributed by atoms with Crippen molar-refractivity contribution in [2.45, 2.75) is 26.2 Å². The molecule has 0 spiro atoms. The first-order valence-corrected chi connectivity index (χ1v) is 10.7. The minimum absolute atomic E-state index is 0.00435. The van der Waals surface area contributed by atoms with E-state index in [2.05, 4.69) is 18.0 Å². The highest BCUT2D eigenvalue weighted by Crippen LogP contribution is 2.27. The van der Waals surface area contributed by atoms with Crippen LogP contribution in [0.25, 0.3) is 16.0 Å². The molecular formula is C22H24N4O4S. The second-order valence-electron chi connectivity index (χ2n) is 7.15. The van der Waals surface area contributed by atoms with Gasteiger partial charge in [0.1, 0.15) is 6.73 Å². The third-order valence-corrected chi connectivity index (χ3v) is 5.99. The van der Waals surface area contributed by atoms with Crippen molar-refractivity contribution in [2.75, 3.05) is 20.3 Å². The van der Waals surface area contributed by atoms with E-state index in [1.165, 1.54) is 11.3 Å². The number of benzene rings is 1. The summed E-state index contributed by atoms with van der Waals surface area (Å²) < 4.78 is 14.8. The smallest absolute Gasteiger partial charge is 0.310 e. The van der Waals surface area contributed by atoms with Crippen LogP contribution in [0.2, 0.25) is 0 Å². The van der Waals surface area contributed by atoms with Crippen LogP contribution < -0.4 is 4.87 Å². The molecule has 8 nitrogen and oxygen atoms in total. The maximum atomic E-state index is 12.2. The van der Waals surface area contributed by atoms with Crippen LogP contribution in [0.5, 0.6) is 0 Å². The molecule has 0 fully saturated rings. The van der Waals surface area contributed by atoms with Gasteiger partial charge in [0.05, 0.1) is 35.7 Å². The molecule has 1 aromatic carbocycles. The first-order valence-electron chi connectivity index (χ1n) is 9.92. The van der Waals surface area contributed by atoms with Gasteiger partial charge in [0.15, 0.2) is 5.82 Å². The minimum Gasteiger partial charge on any atom is -0.394 e. The topological polar surface area (TPSA) is 91.4 Å². The van der Waals surface area contributed by atoms with Crippen molar-refractivity contribution >= 4 is 21.6 Å². The summed E-state index contributed by atoms with van der Waals surface area (Å²) in [5, 5.41) is 13.5. The molecule has 3 heterocycles. The lowest BCUT2D eigenvalue weighted by Crippen LogP contribution is -2.13. The Kier molecular flexibility index (Phi) is 6.57. The number of rotatable bonds is 9.